The van der Waals surface area contributed by atoms with Crippen molar-refractivity contribution in [1.82, 2.24) is 4.90 Å². The van der Waals surface area contributed by atoms with E-state index in [4.69, 9.17) is 4.42 Å². The highest BCUT2D eigenvalue weighted by atomic mass is 79.9. The first-order chi connectivity index (χ1) is 23.2. The summed E-state index contributed by atoms with van der Waals surface area (Å²) in [5, 5.41) is 12.2. The van der Waals surface area contributed by atoms with Crippen molar-refractivity contribution in [2.45, 2.75) is 37.5 Å². The fourth-order valence-corrected chi connectivity index (χ4v) is 9.83. The van der Waals surface area contributed by atoms with Gasteiger partial charge in [-0.15, -0.1) is 11.3 Å². The van der Waals surface area contributed by atoms with Gasteiger partial charge in [0, 0.05) is 48.1 Å². The van der Waals surface area contributed by atoms with Gasteiger partial charge in [-0.1, -0.05) is 42.5 Å². The van der Waals surface area contributed by atoms with Gasteiger partial charge in [0.2, 0.25) is 5.76 Å². The van der Waals surface area contributed by atoms with Crippen LogP contribution in [0.15, 0.2) is 98.0 Å². The SMILES string of the molecule is Cc1c(C(=O)O)oc2ccc(S(=O)N(CCc3ccccc3)c3ccccc3N3CCC4(CCN(C(=O)c5sccc5Br)C4)CC3)cc12. The maximum Gasteiger partial charge on any atom is 0.372 e. The lowest BCUT2D eigenvalue weighted by molar-refractivity contribution is 0.0663. The first-order valence-electron chi connectivity index (χ1n) is 16.1. The summed E-state index contributed by atoms with van der Waals surface area (Å²) < 4.78 is 23.0. The third kappa shape index (κ3) is 6.31. The number of carboxylic acids is 1. The molecule has 248 valence electrons. The number of anilines is 2. The highest BCUT2D eigenvalue weighted by Gasteiger charge is 2.43. The number of aryl methyl sites for hydroxylation is 1. The van der Waals surface area contributed by atoms with Crippen LogP contribution in [0.25, 0.3) is 11.0 Å². The lowest BCUT2D eigenvalue weighted by Gasteiger charge is -2.41. The van der Waals surface area contributed by atoms with Crippen LogP contribution in [0.3, 0.4) is 0 Å². The van der Waals surface area contributed by atoms with Crippen LogP contribution in [-0.4, -0.2) is 58.8 Å². The Hall–Kier alpha value is -3.93. The second-order valence-corrected chi connectivity index (χ2v) is 15.8. The Kier molecular flexibility index (Phi) is 9.19. The van der Waals surface area contributed by atoms with E-state index >= 15 is 0 Å². The van der Waals surface area contributed by atoms with Gasteiger partial charge in [-0.2, -0.15) is 0 Å². The molecule has 1 N–H and O–H groups in total. The summed E-state index contributed by atoms with van der Waals surface area (Å²) in [6, 6.07) is 25.6. The van der Waals surface area contributed by atoms with Gasteiger partial charge in [-0.05, 0) is 101 Å². The van der Waals surface area contributed by atoms with Crippen LogP contribution in [0.4, 0.5) is 11.4 Å². The van der Waals surface area contributed by atoms with Crippen LogP contribution in [0.2, 0.25) is 0 Å². The van der Waals surface area contributed by atoms with Crippen LogP contribution in [0, 0.1) is 12.3 Å². The number of likely N-dealkylation sites (tertiary alicyclic amines) is 1. The topological polar surface area (TPSA) is 94.3 Å². The van der Waals surface area contributed by atoms with Crippen LogP contribution >= 0.6 is 27.3 Å². The third-order valence-electron chi connectivity index (χ3n) is 9.80. The standard InChI is InChI=1S/C37H36BrN3O5S2/c1-25-28-23-27(11-12-32(28)46-33(25)36(43)44)48(45)41(18-13-26-7-3-2-4-8-26)31-10-6-5-9-30(31)39-19-15-37(16-20-39)17-21-40(24-37)35(42)34-29(38)14-22-47-34/h2-12,14,22-23H,13,15-21,24H2,1H3,(H,43,44). The van der Waals surface area contributed by atoms with E-state index in [1.54, 1.807) is 25.1 Å². The van der Waals surface area contributed by atoms with Crippen LogP contribution in [0.1, 0.15) is 50.6 Å². The minimum absolute atomic E-state index is 0.101. The molecule has 8 nitrogen and oxygen atoms in total. The molecule has 7 rings (SSSR count). The van der Waals surface area contributed by atoms with Gasteiger partial charge in [0.15, 0.2) is 11.0 Å². The second-order valence-electron chi connectivity index (χ2n) is 12.7. The largest absolute Gasteiger partial charge is 0.475 e. The quantitative estimate of drug-likeness (QED) is 0.164. The molecule has 0 aliphatic carbocycles. The molecule has 1 atom stereocenters. The fraction of sp³-hybridized carbons (Fsp3) is 0.297. The Bertz CT molecular complexity index is 2000. The number of para-hydroxylation sites is 2. The van der Waals surface area contributed by atoms with Crippen molar-refractivity contribution in [1.29, 1.82) is 0 Å². The van der Waals surface area contributed by atoms with E-state index in [-0.39, 0.29) is 17.1 Å². The van der Waals surface area contributed by atoms with Gasteiger partial charge in [-0.25, -0.2) is 9.00 Å². The molecule has 4 heterocycles. The Morgan fingerprint density at radius 1 is 1.00 bits per heavy atom. The summed E-state index contributed by atoms with van der Waals surface area (Å²) in [4.78, 5) is 30.7. The number of hydrogen-bond donors (Lipinski definition) is 1. The van der Waals surface area contributed by atoms with Crippen LogP contribution in [-0.2, 0) is 17.4 Å². The van der Waals surface area contributed by atoms with Crippen molar-refractivity contribution in [3.63, 3.8) is 0 Å². The van der Waals surface area contributed by atoms with E-state index in [1.165, 1.54) is 11.3 Å². The van der Waals surface area contributed by atoms with E-state index in [0.29, 0.717) is 34.4 Å². The first kappa shape index (κ1) is 32.6. The number of carbonyl (C=O) groups excluding carboxylic acids is 1. The molecule has 1 spiro atoms. The molecule has 0 radical (unpaired) electrons. The maximum atomic E-state index is 14.6. The number of amides is 1. The van der Waals surface area contributed by atoms with Crippen molar-refractivity contribution < 1.29 is 23.3 Å². The molecule has 11 heteroatoms. The lowest BCUT2D eigenvalue weighted by atomic mass is 9.77. The summed E-state index contributed by atoms with van der Waals surface area (Å²) in [5.74, 6) is -1.11. The number of nitrogens with zero attached hydrogens (tertiary/aromatic N) is 3. The van der Waals surface area contributed by atoms with Gasteiger partial charge in [0.05, 0.1) is 16.3 Å². The normalized spacial score (nSPS) is 16.5. The Balaban J connectivity index is 1.15. The summed E-state index contributed by atoms with van der Waals surface area (Å²) >= 11 is 5.01. The second kappa shape index (κ2) is 13.5. The Labute approximate surface area is 294 Å². The minimum atomic E-state index is -1.59. The number of piperidine rings is 1. The van der Waals surface area contributed by atoms with E-state index in [9.17, 15) is 18.9 Å². The summed E-state index contributed by atoms with van der Waals surface area (Å²) in [7, 11) is -1.59. The van der Waals surface area contributed by atoms with Gasteiger partial charge in [0.1, 0.15) is 10.5 Å². The van der Waals surface area contributed by atoms with Gasteiger partial charge in [0.25, 0.3) is 5.91 Å². The highest BCUT2D eigenvalue weighted by Crippen LogP contribution is 2.44. The highest BCUT2D eigenvalue weighted by molar-refractivity contribution is 9.10. The molecule has 0 bridgehead atoms. The van der Waals surface area contributed by atoms with Crippen LogP contribution in [0.5, 0.6) is 0 Å². The average molecular weight is 747 g/mol. The summed E-state index contributed by atoms with van der Waals surface area (Å²) in [6.45, 7) is 5.48. The molecule has 5 aromatic rings. The fourth-order valence-electron chi connectivity index (χ4n) is 7.08. The zero-order chi connectivity index (χ0) is 33.4. The zero-order valence-electron chi connectivity index (χ0n) is 26.6. The van der Waals surface area contributed by atoms with Crippen molar-refractivity contribution in [3.05, 3.63) is 110 Å². The number of rotatable bonds is 9. The number of thiophene rings is 1. The summed E-state index contributed by atoms with van der Waals surface area (Å²) in [5.41, 5.74) is 4.16. The first-order valence-corrected chi connectivity index (χ1v) is 18.9. The van der Waals surface area contributed by atoms with Crippen molar-refractivity contribution in [3.8, 4) is 0 Å². The molecule has 0 saturated carbocycles. The molecule has 1 amide bonds. The third-order valence-corrected chi connectivity index (χ3v) is 13.1. The molecular weight excluding hydrogens is 710 g/mol. The van der Waals surface area contributed by atoms with Gasteiger partial charge in [-0.3, -0.25) is 9.10 Å². The number of benzene rings is 3. The van der Waals surface area contributed by atoms with Gasteiger partial charge < -0.3 is 19.3 Å². The molecule has 1 unspecified atom stereocenters. The molecule has 2 saturated heterocycles. The number of carboxylic acid groups (broad SMARTS) is 1. The zero-order valence-corrected chi connectivity index (χ0v) is 29.8. The minimum Gasteiger partial charge on any atom is -0.475 e. The maximum absolute atomic E-state index is 14.6. The Morgan fingerprint density at radius 3 is 2.46 bits per heavy atom. The van der Waals surface area contributed by atoms with E-state index < -0.39 is 17.0 Å². The number of carbonyl (C=O) groups is 2. The van der Waals surface area contributed by atoms with Crippen LogP contribution < -0.4 is 9.21 Å². The van der Waals surface area contributed by atoms with E-state index in [2.05, 4.69) is 39.0 Å². The number of furan rings is 1. The predicted molar refractivity (Wildman–Crippen MR) is 195 cm³/mol. The van der Waals surface area contributed by atoms with E-state index in [1.807, 2.05) is 57.0 Å². The van der Waals surface area contributed by atoms with E-state index in [0.717, 1.165) is 71.7 Å². The van der Waals surface area contributed by atoms with Crippen molar-refractivity contribution in [2.24, 2.45) is 5.41 Å². The number of aromatic carboxylic acids is 1. The molecule has 48 heavy (non-hydrogen) atoms. The molecule has 2 aromatic heterocycles. The van der Waals surface area contributed by atoms with Crippen molar-refractivity contribution >= 4 is 72.5 Å². The monoisotopic (exact) mass is 745 g/mol. The van der Waals surface area contributed by atoms with Crippen molar-refractivity contribution in [2.75, 3.05) is 41.9 Å². The predicted octanol–water partition coefficient (Wildman–Crippen LogP) is 8.17. The molecule has 3 aromatic carbocycles. The number of halogens is 1. The number of fused-ring (bicyclic) bond motifs is 1. The number of hydrogen-bond acceptors (Lipinski definition) is 6. The molecule has 2 fully saturated rings. The smallest absolute Gasteiger partial charge is 0.372 e. The average Bonchev–Trinajstić information content (AvgIpc) is 3.82. The molecule has 2 aliphatic heterocycles. The molecular formula is C37H36BrN3O5S2. The summed E-state index contributed by atoms with van der Waals surface area (Å²) in [6.07, 6.45) is 3.66. The lowest BCUT2D eigenvalue weighted by Crippen LogP contribution is -2.43. The Morgan fingerprint density at radius 2 is 1.73 bits per heavy atom. The van der Waals surface area contributed by atoms with Gasteiger partial charge >= 0.3 is 5.97 Å². The molecule has 2 aliphatic rings.